The van der Waals surface area contributed by atoms with Crippen molar-refractivity contribution in [3.05, 3.63) is 29.8 Å². The number of rotatable bonds is 6. The Labute approximate surface area is 139 Å². The summed E-state index contributed by atoms with van der Waals surface area (Å²) in [6, 6.07) is 7.78. The van der Waals surface area contributed by atoms with Gasteiger partial charge < -0.3 is 4.90 Å². The third kappa shape index (κ3) is 5.18. The van der Waals surface area contributed by atoms with Crippen LogP contribution in [0.1, 0.15) is 38.7 Å². The van der Waals surface area contributed by atoms with Gasteiger partial charge in [0.2, 0.25) is 10.0 Å². The number of sulfonamides is 1. The number of hydrogen-bond acceptors (Lipinski definition) is 4. The summed E-state index contributed by atoms with van der Waals surface area (Å²) in [5.74, 6) is 0.549. The average Bonchev–Trinajstić information content (AvgIpc) is 2.85. The average molecular weight is 343 g/mol. The molecule has 0 radical (unpaired) electrons. The van der Waals surface area contributed by atoms with Crippen LogP contribution in [0.5, 0.6) is 0 Å². The summed E-state index contributed by atoms with van der Waals surface area (Å²) < 4.78 is 26.0. The number of nitrogens with zero attached hydrogens (tertiary/aromatic N) is 1. The Balaban J connectivity index is 2.05. The van der Waals surface area contributed by atoms with Gasteiger partial charge in [0.25, 0.3) is 0 Å². The topological polar surface area (TPSA) is 49.4 Å². The predicted octanol–water partition coefficient (Wildman–Crippen LogP) is 2.95. The number of thiol groups is 1. The van der Waals surface area contributed by atoms with Crippen LogP contribution >= 0.6 is 12.6 Å². The molecule has 1 heterocycles. The van der Waals surface area contributed by atoms with E-state index in [0.29, 0.717) is 11.6 Å². The van der Waals surface area contributed by atoms with Crippen LogP contribution in [0.3, 0.4) is 0 Å². The van der Waals surface area contributed by atoms with Crippen molar-refractivity contribution in [2.75, 3.05) is 30.1 Å². The first-order chi connectivity index (χ1) is 10.2. The van der Waals surface area contributed by atoms with Gasteiger partial charge in [-0.25, -0.2) is 8.42 Å². The van der Waals surface area contributed by atoms with Crippen LogP contribution in [0.15, 0.2) is 24.3 Å². The van der Waals surface area contributed by atoms with Gasteiger partial charge in [-0.2, -0.15) is 12.6 Å². The van der Waals surface area contributed by atoms with Crippen LogP contribution in [0.4, 0.5) is 5.69 Å². The summed E-state index contributed by atoms with van der Waals surface area (Å²) >= 11 is 4.60. The molecule has 0 aromatic heterocycles. The maximum atomic E-state index is 11.7. The number of likely N-dealkylation sites (tertiary alicyclic amines) is 1. The molecule has 0 bridgehead atoms. The Morgan fingerprint density at radius 1 is 1.41 bits per heavy atom. The van der Waals surface area contributed by atoms with Crippen molar-refractivity contribution >= 4 is 28.3 Å². The van der Waals surface area contributed by atoms with E-state index in [0.717, 1.165) is 26.1 Å². The van der Waals surface area contributed by atoms with Crippen LogP contribution in [0.2, 0.25) is 0 Å². The minimum atomic E-state index is -3.22. The second-order valence-corrected chi connectivity index (χ2v) is 9.89. The molecule has 1 aromatic rings. The first-order valence-corrected chi connectivity index (χ1v) is 9.84. The molecule has 1 saturated heterocycles. The molecular weight excluding hydrogens is 316 g/mol. The number of benzene rings is 1. The maximum absolute atomic E-state index is 11.7. The fourth-order valence-electron chi connectivity index (χ4n) is 2.90. The molecule has 6 heteroatoms. The zero-order valence-electron chi connectivity index (χ0n) is 13.5. The second kappa shape index (κ2) is 6.81. The van der Waals surface area contributed by atoms with Crippen molar-refractivity contribution < 1.29 is 8.42 Å². The van der Waals surface area contributed by atoms with Crippen molar-refractivity contribution in [3.8, 4) is 0 Å². The lowest BCUT2D eigenvalue weighted by Gasteiger charge is -2.25. The van der Waals surface area contributed by atoms with Crippen molar-refractivity contribution in [3.63, 3.8) is 0 Å². The molecule has 0 spiro atoms. The molecule has 1 aliphatic rings. The molecule has 22 heavy (non-hydrogen) atoms. The summed E-state index contributed by atoms with van der Waals surface area (Å²) in [7, 11) is -3.22. The van der Waals surface area contributed by atoms with Crippen LogP contribution in [-0.4, -0.2) is 43.5 Å². The highest BCUT2D eigenvalue weighted by atomic mass is 32.2. The van der Waals surface area contributed by atoms with E-state index in [1.165, 1.54) is 5.56 Å². The highest BCUT2D eigenvalue weighted by molar-refractivity contribution is 7.92. The van der Waals surface area contributed by atoms with Crippen LogP contribution in [0.25, 0.3) is 0 Å². The van der Waals surface area contributed by atoms with Crippen molar-refractivity contribution in [1.29, 1.82) is 0 Å². The summed E-state index contributed by atoms with van der Waals surface area (Å²) in [5.41, 5.74) is 1.86. The molecule has 1 N–H and O–H groups in total. The lowest BCUT2D eigenvalue weighted by molar-refractivity contribution is 0.310. The van der Waals surface area contributed by atoms with Crippen molar-refractivity contribution in [2.24, 2.45) is 0 Å². The number of nitrogens with one attached hydrogen (secondary N) is 1. The maximum Gasteiger partial charge on any atom is 0.232 e. The summed E-state index contributed by atoms with van der Waals surface area (Å²) in [6.45, 7) is 8.94. The first kappa shape index (κ1) is 17.6. The zero-order valence-corrected chi connectivity index (χ0v) is 15.3. The molecule has 124 valence electrons. The van der Waals surface area contributed by atoms with Gasteiger partial charge in [-0.05, 0) is 57.4 Å². The van der Waals surface area contributed by atoms with Crippen LogP contribution in [-0.2, 0) is 10.0 Å². The lowest BCUT2D eigenvalue weighted by Crippen LogP contribution is -2.33. The van der Waals surface area contributed by atoms with E-state index >= 15 is 0 Å². The Morgan fingerprint density at radius 2 is 2.14 bits per heavy atom. The molecule has 1 atom stereocenters. The Bertz CT molecular complexity index is 609. The summed E-state index contributed by atoms with van der Waals surface area (Å²) in [5, 5.41) is 0. The lowest BCUT2D eigenvalue weighted by atomic mass is 9.98. The Morgan fingerprint density at radius 3 is 2.77 bits per heavy atom. The zero-order chi connectivity index (χ0) is 16.4. The van der Waals surface area contributed by atoms with Crippen LogP contribution in [0, 0.1) is 0 Å². The molecule has 4 nitrogen and oxygen atoms in total. The van der Waals surface area contributed by atoms with E-state index in [2.05, 4.69) is 42.2 Å². The molecule has 1 fully saturated rings. The van der Waals surface area contributed by atoms with Gasteiger partial charge in [-0.15, -0.1) is 0 Å². The highest BCUT2D eigenvalue weighted by Gasteiger charge is 2.27. The Kier molecular flexibility index (Phi) is 5.45. The van der Waals surface area contributed by atoms with Crippen molar-refractivity contribution in [1.82, 2.24) is 4.90 Å². The van der Waals surface area contributed by atoms with Gasteiger partial charge in [0.05, 0.1) is 5.75 Å². The smallest absolute Gasteiger partial charge is 0.232 e. The molecule has 2 rings (SSSR count). The largest absolute Gasteiger partial charge is 0.301 e. The number of hydrogen-bond donors (Lipinski definition) is 2. The number of anilines is 1. The molecule has 1 unspecified atom stereocenters. The normalized spacial score (nSPS) is 20.3. The highest BCUT2D eigenvalue weighted by Crippen LogP contribution is 2.30. The van der Waals surface area contributed by atoms with Gasteiger partial charge in [0, 0.05) is 23.5 Å². The van der Waals surface area contributed by atoms with E-state index in [1.54, 1.807) is 13.0 Å². The predicted molar refractivity (Wildman–Crippen MR) is 96.4 cm³/mol. The first-order valence-electron chi connectivity index (χ1n) is 7.74. The SMILES string of the molecule is CCS(=O)(=O)Nc1cccc(C2CCN(CC(C)(C)S)C2)c1. The third-order valence-corrected chi connectivity index (χ3v) is 5.34. The van der Waals surface area contributed by atoms with Gasteiger partial charge in [0.15, 0.2) is 0 Å². The van der Waals surface area contributed by atoms with Gasteiger partial charge >= 0.3 is 0 Å². The van der Waals surface area contributed by atoms with E-state index in [1.807, 2.05) is 12.1 Å². The quantitative estimate of drug-likeness (QED) is 0.782. The van der Waals surface area contributed by atoms with E-state index in [4.69, 9.17) is 0 Å². The van der Waals surface area contributed by atoms with Gasteiger partial charge in [0.1, 0.15) is 0 Å². The standard InChI is InChI=1S/C16H26N2O2S2/c1-4-22(19,20)17-15-7-5-6-13(10-15)14-8-9-18(11-14)12-16(2,3)21/h5-7,10,14,17,21H,4,8-9,11-12H2,1-3H3. The van der Waals surface area contributed by atoms with E-state index in [-0.39, 0.29) is 10.5 Å². The molecule has 0 amide bonds. The monoisotopic (exact) mass is 342 g/mol. The van der Waals surface area contributed by atoms with Gasteiger partial charge in [-0.3, -0.25) is 4.72 Å². The Hall–Kier alpha value is -0.720. The molecule has 0 saturated carbocycles. The molecule has 0 aliphatic carbocycles. The fourth-order valence-corrected chi connectivity index (χ4v) is 3.73. The van der Waals surface area contributed by atoms with Crippen molar-refractivity contribution in [2.45, 2.75) is 37.9 Å². The summed E-state index contributed by atoms with van der Waals surface area (Å²) in [6.07, 6.45) is 1.10. The van der Waals surface area contributed by atoms with Crippen LogP contribution < -0.4 is 4.72 Å². The molecule has 1 aromatic carbocycles. The minimum absolute atomic E-state index is 0.00744. The third-order valence-electron chi connectivity index (χ3n) is 3.89. The minimum Gasteiger partial charge on any atom is -0.301 e. The molecule has 1 aliphatic heterocycles. The second-order valence-electron chi connectivity index (χ2n) is 6.66. The fraction of sp³-hybridized carbons (Fsp3) is 0.625. The summed E-state index contributed by atoms with van der Waals surface area (Å²) in [4.78, 5) is 2.43. The van der Waals surface area contributed by atoms with E-state index < -0.39 is 10.0 Å². The molecular formula is C16H26N2O2S2. The van der Waals surface area contributed by atoms with Gasteiger partial charge in [-0.1, -0.05) is 12.1 Å². The van der Waals surface area contributed by atoms with E-state index in [9.17, 15) is 8.42 Å².